The average Bonchev–Trinajstić information content (AvgIpc) is 3.24. The molecule has 0 radical (unpaired) electrons. The lowest BCUT2D eigenvalue weighted by Crippen LogP contribution is -2.45. The van der Waals surface area contributed by atoms with Gasteiger partial charge in [-0.3, -0.25) is 9.59 Å². The van der Waals surface area contributed by atoms with Gasteiger partial charge in [-0.25, -0.2) is 0 Å². The number of amides is 1. The molecule has 6 nitrogen and oxygen atoms in total. The van der Waals surface area contributed by atoms with E-state index in [9.17, 15) is 19.8 Å². The van der Waals surface area contributed by atoms with E-state index in [1.165, 1.54) is 205 Å². The molecule has 0 saturated carbocycles. The highest BCUT2D eigenvalue weighted by Gasteiger charge is 2.20. The predicted octanol–water partition coefficient (Wildman–Crippen LogP) is 15.7. The Kier molecular flexibility index (Phi) is 48.1. The maximum absolute atomic E-state index is 12.4. The summed E-state index contributed by atoms with van der Waals surface area (Å²) >= 11 is 0. The lowest BCUT2D eigenvalue weighted by Gasteiger charge is -2.22. The van der Waals surface area contributed by atoms with Crippen molar-refractivity contribution in [1.29, 1.82) is 0 Å². The zero-order valence-corrected chi connectivity index (χ0v) is 39.7. The number of unbranched alkanes of at least 4 members (excludes halogenated alkanes) is 36. The minimum Gasteiger partial charge on any atom is -0.466 e. The van der Waals surface area contributed by atoms with Crippen molar-refractivity contribution < 1.29 is 24.5 Å². The van der Waals surface area contributed by atoms with E-state index >= 15 is 0 Å². The number of nitrogens with one attached hydrogen (secondary N) is 1. The summed E-state index contributed by atoms with van der Waals surface area (Å²) in [4.78, 5) is 24.5. The molecule has 3 N–H and O–H groups in total. The standard InChI is InChI=1S/C53H103NO5/c1-3-5-7-9-11-13-15-16-17-18-19-20-24-27-31-35-39-43-47-53(58)59-48-44-40-36-32-28-25-22-21-23-26-30-34-38-42-46-52(57)54-50(49-55)51(56)45-41-37-33-29-14-12-10-8-6-4-2/h17-18,50-51,55-56H,3-16,19-49H2,1-2H3,(H,54,57)/b18-17-. The maximum Gasteiger partial charge on any atom is 0.305 e. The van der Waals surface area contributed by atoms with Crippen molar-refractivity contribution in [1.82, 2.24) is 5.32 Å². The zero-order valence-electron chi connectivity index (χ0n) is 39.7. The van der Waals surface area contributed by atoms with Crippen LogP contribution in [0.25, 0.3) is 0 Å². The summed E-state index contributed by atoms with van der Waals surface area (Å²) < 4.78 is 5.47. The summed E-state index contributed by atoms with van der Waals surface area (Å²) in [6, 6.07) is -0.547. The molecule has 0 bridgehead atoms. The van der Waals surface area contributed by atoms with Crippen LogP contribution in [-0.2, 0) is 14.3 Å². The molecule has 0 aromatic rings. The van der Waals surface area contributed by atoms with E-state index < -0.39 is 12.1 Å². The summed E-state index contributed by atoms with van der Waals surface area (Å²) in [5.41, 5.74) is 0. The van der Waals surface area contributed by atoms with Gasteiger partial charge in [0.15, 0.2) is 0 Å². The van der Waals surface area contributed by atoms with Crippen molar-refractivity contribution in [2.45, 2.75) is 302 Å². The molecule has 0 heterocycles. The summed E-state index contributed by atoms with van der Waals surface area (Å²) in [6.45, 7) is 4.92. The number of hydrogen-bond donors (Lipinski definition) is 3. The first kappa shape index (κ1) is 57.6. The first-order chi connectivity index (χ1) is 29.0. The zero-order chi connectivity index (χ0) is 43.0. The van der Waals surface area contributed by atoms with Crippen LogP contribution in [-0.4, -0.2) is 47.4 Å². The van der Waals surface area contributed by atoms with Gasteiger partial charge in [-0.15, -0.1) is 0 Å². The van der Waals surface area contributed by atoms with Gasteiger partial charge in [0.05, 0.1) is 25.4 Å². The first-order valence-corrected chi connectivity index (χ1v) is 26.4. The molecule has 0 aliphatic carbocycles. The van der Waals surface area contributed by atoms with E-state index in [1.807, 2.05) is 0 Å². The highest BCUT2D eigenvalue weighted by molar-refractivity contribution is 5.76. The summed E-state index contributed by atoms with van der Waals surface area (Å²) in [5, 5.41) is 23.1. The molecule has 0 spiro atoms. The number of allylic oxidation sites excluding steroid dienone is 2. The van der Waals surface area contributed by atoms with Gasteiger partial charge in [0.2, 0.25) is 5.91 Å². The fraction of sp³-hybridized carbons (Fsp3) is 0.925. The molecule has 350 valence electrons. The van der Waals surface area contributed by atoms with Crippen LogP contribution in [0.2, 0.25) is 0 Å². The molecule has 0 fully saturated rings. The normalized spacial score (nSPS) is 12.7. The van der Waals surface area contributed by atoms with Gasteiger partial charge >= 0.3 is 5.97 Å². The molecule has 0 aromatic carbocycles. The fourth-order valence-corrected chi connectivity index (χ4v) is 8.22. The molecular weight excluding hydrogens is 731 g/mol. The van der Waals surface area contributed by atoms with E-state index in [1.54, 1.807) is 0 Å². The summed E-state index contributed by atoms with van der Waals surface area (Å²) in [6.07, 6.45) is 56.1. The molecule has 0 aliphatic rings. The van der Waals surface area contributed by atoms with Gasteiger partial charge in [-0.05, 0) is 51.4 Å². The molecule has 2 atom stereocenters. The average molecular weight is 834 g/mol. The first-order valence-electron chi connectivity index (χ1n) is 26.4. The molecule has 6 heteroatoms. The topological polar surface area (TPSA) is 95.9 Å². The number of ether oxygens (including phenoxy) is 1. The number of carbonyl (C=O) groups excluding carboxylic acids is 2. The van der Waals surface area contributed by atoms with Crippen LogP contribution in [0.15, 0.2) is 12.2 Å². The summed E-state index contributed by atoms with van der Waals surface area (Å²) in [7, 11) is 0. The Labute approximate surface area is 368 Å². The third-order valence-corrected chi connectivity index (χ3v) is 12.3. The Bertz CT molecular complexity index is 878. The number of carbonyl (C=O) groups is 2. The third-order valence-electron chi connectivity index (χ3n) is 12.3. The number of rotatable bonds is 49. The lowest BCUT2D eigenvalue weighted by atomic mass is 10.0. The van der Waals surface area contributed by atoms with Gasteiger partial charge in [0.1, 0.15) is 0 Å². The molecule has 0 saturated heterocycles. The fourth-order valence-electron chi connectivity index (χ4n) is 8.22. The molecule has 59 heavy (non-hydrogen) atoms. The number of hydrogen-bond acceptors (Lipinski definition) is 5. The second kappa shape index (κ2) is 49.3. The second-order valence-electron chi connectivity index (χ2n) is 18.2. The molecule has 0 rings (SSSR count). The largest absolute Gasteiger partial charge is 0.466 e. The highest BCUT2D eigenvalue weighted by atomic mass is 16.5. The van der Waals surface area contributed by atoms with Crippen molar-refractivity contribution in [3.8, 4) is 0 Å². The smallest absolute Gasteiger partial charge is 0.305 e. The van der Waals surface area contributed by atoms with Crippen molar-refractivity contribution in [2.75, 3.05) is 13.2 Å². The van der Waals surface area contributed by atoms with E-state index in [0.29, 0.717) is 25.9 Å². The minimum absolute atomic E-state index is 0.00505. The Morgan fingerprint density at radius 2 is 0.797 bits per heavy atom. The quantitative estimate of drug-likeness (QED) is 0.0322. The van der Waals surface area contributed by atoms with Crippen LogP contribution in [0.1, 0.15) is 290 Å². The molecule has 1 amide bonds. The van der Waals surface area contributed by atoms with Crippen molar-refractivity contribution in [2.24, 2.45) is 0 Å². The second-order valence-corrected chi connectivity index (χ2v) is 18.2. The number of aliphatic hydroxyl groups is 2. The molecule has 2 unspecified atom stereocenters. The van der Waals surface area contributed by atoms with Gasteiger partial charge in [-0.2, -0.15) is 0 Å². The van der Waals surface area contributed by atoms with Crippen LogP contribution in [0.5, 0.6) is 0 Å². The van der Waals surface area contributed by atoms with Crippen molar-refractivity contribution in [3.05, 3.63) is 12.2 Å². The number of esters is 1. The lowest BCUT2D eigenvalue weighted by molar-refractivity contribution is -0.143. The van der Waals surface area contributed by atoms with E-state index in [-0.39, 0.29) is 18.5 Å². The molecule has 0 aromatic heterocycles. The summed E-state index contributed by atoms with van der Waals surface area (Å²) in [5.74, 6) is -0.0518. The van der Waals surface area contributed by atoms with Crippen LogP contribution in [0, 0.1) is 0 Å². The van der Waals surface area contributed by atoms with Gasteiger partial charge < -0.3 is 20.3 Å². The maximum atomic E-state index is 12.4. The Hall–Kier alpha value is -1.40. The van der Waals surface area contributed by atoms with Crippen LogP contribution in [0.4, 0.5) is 0 Å². The van der Waals surface area contributed by atoms with E-state index in [4.69, 9.17) is 4.74 Å². The van der Waals surface area contributed by atoms with Gasteiger partial charge in [0, 0.05) is 12.8 Å². The van der Waals surface area contributed by atoms with Crippen LogP contribution < -0.4 is 5.32 Å². The van der Waals surface area contributed by atoms with E-state index in [0.717, 1.165) is 51.4 Å². The number of aliphatic hydroxyl groups excluding tert-OH is 2. The van der Waals surface area contributed by atoms with Crippen molar-refractivity contribution >= 4 is 11.9 Å². The highest BCUT2D eigenvalue weighted by Crippen LogP contribution is 2.16. The third kappa shape index (κ3) is 45.9. The molecule has 0 aliphatic heterocycles. The van der Waals surface area contributed by atoms with Crippen LogP contribution >= 0.6 is 0 Å². The van der Waals surface area contributed by atoms with E-state index in [2.05, 4.69) is 31.3 Å². The minimum atomic E-state index is -0.669. The Balaban J connectivity index is 3.40. The Morgan fingerprint density at radius 1 is 0.458 bits per heavy atom. The van der Waals surface area contributed by atoms with Gasteiger partial charge in [-0.1, -0.05) is 238 Å². The van der Waals surface area contributed by atoms with Gasteiger partial charge in [0.25, 0.3) is 0 Å². The Morgan fingerprint density at radius 3 is 1.20 bits per heavy atom. The molecular formula is C53H103NO5. The SMILES string of the molecule is CCCCCCCCC/C=C\CCCCCCCCCC(=O)OCCCCCCCCCCCCCCCCC(=O)NC(CO)C(O)CCCCCCCCCCCC. The van der Waals surface area contributed by atoms with Crippen molar-refractivity contribution in [3.63, 3.8) is 0 Å². The van der Waals surface area contributed by atoms with Crippen LogP contribution in [0.3, 0.4) is 0 Å². The predicted molar refractivity (Wildman–Crippen MR) is 255 cm³/mol. The monoisotopic (exact) mass is 834 g/mol.